The Balaban J connectivity index is -0.000000808. The molecule has 0 bridgehead atoms. The molecule has 0 heterocycles. The van der Waals surface area contributed by atoms with Crippen molar-refractivity contribution in [3.8, 4) is 0 Å². The Labute approximate surface area is 485 Å². The van der Waals surface area contributed by atoms with Gasteiger partial charge in [-0.25, -0.2) is 13.7 Å². The van der Waals surface area contributed by atoms with Gasteiger partial charge in [-0.15, -0.1) is 0 Å². The second-order valence-electron chi connectivity index (χ2n) is 16.0. The van der Waals surface area contributed by atoms with Crippen molar-refractivity contribution in [3.63, 3.8) is 0 Å². The van der Waals surface area contributed by atoms with Crippen LogP contribution in [0.2, 0.25) is 0 Å². The van der Waals surface area contributed by atoms with Crippen LogP contribution in [-0.2, 0) is 78.8 Å². The Morgan fingerprint density at radius 3 is 1.05 bits per heavy atom. The number of ether oxygens (including phenoxy) is 6. The number of hydrogen-bond acceptors (Lipinski definition) is 23. The van der Waals surface area contributed by atoms with E-state index in [9.17, 15) is 38.0 Å². The number of hydrogen-bond donors (Lipinski definition) is 11. The monoisotopic (exact) mass is 1230 g/mol. The van der Waals surface area contributed by atoms with Crippen LogP contribution >= 0.6 is 23.5 Å². The molecule has 0 fully saturated rings. The van der Waals surface area contributed by atoms with Gasteiger partial charge in [0.25, 0.3) is 0 Å². The molecular weight excluding hydrogens is 1100 g/mol. The zero-order valence-corrected chi connectivity index (χ0v) is 49.4. The van der Waals surface area contributed by atoms with Gasteiger partial charge in [0.2, 0.25) is 20.4 Å². The summed E-state index contributed by atoms with van der Waals surface area (Å²) in [7, 11) is -5.56. The first-order valence-electron chi connectivity index (χ1n) is 31.7. The van der Waals surface area contributed by atoms with Gasteiger partial charge in [-0.2, -0.15) is 0 Å². The highest BCUT2D eigenvalue weighted by Crippen LogP contribution is 2.46. The number of carbonyl (C=O) groups is 2. The Morgan fingerprint density at radius 1 is 0.449 bits per heavy atom. The molecule has 480 valence electrons. The minimum Gasteiger partial charge on any atom is -0.396 e. The van der Waals surface area contributed by atoms with Crippen LogP contribution in [0.15, 0.2) is 0 Å². The summed E-state index contributed by atoms with van der Waals surface area (Å²) < 4.78 is 178. The summed E-state index contributed by atoms with van der Waals surface area (Å²) in [5, 5.41) is 30.8. The van der Waals surface area contributed by atoms with E-state index in [2.05, 4.69) is 45.8 Å². The molecule has 31 heteroatoms. The number of rotatable bonds is 59. The van der Waals surface area contributed by atoms with Crippen LogP contribution in [0.4, 0.5) is 0 Å². The number of phosphoric acid groups is 3. The Morgan fingerprint density at radius 2 is 0.756 bits per heavy atom. The van der Waals surface area contributed by atoms with Crippen LogP contribution in [0.3, 0.4) is 0 Å². The van der Waals surface area contributed by atoms with Gasteiger partial charge in [-0.3, -0.25) is 36.7 Å². The third kappa shape index (κ3) is 51.7. The van der Waals surface area contributed by atoms with E-state index in [0.29, 0.717) is 25.7 Å². The van der Waals surface area contributed by atoms with Crippen molar-refractivity contribution < 1.29 is 132 Å². The van der Waals surface area contributed by atoms with Crippen molar-refractivity contribution in [3.05, 3.63) is 0 Å². The fourth-order valence-corrected chi connectivity index (χ4v) is 8.01. The van der Waals surface area contributed by atoms with E-state index in [1.54, 1.807) is 0 Å². The van der Waals surface area contributed by atoms with Gasteiger partial charge in [0.15, 0.2) is 0 Å². The molecule has 78 heavy (non-hydrogen) atoms. The highest BCUT2D eigenvalue weighted by Gasteiger charge is 2.38. The van der Waals surface area contributed by atoms with Crippen LogP contribution < -0.4 is 10.6 Å². The van der Waals surface area contributed by atoms with Gasteiger partial charge in [0.05, 0.1) is 103 Å². The smallest absolute Gasteiger partial charge is 0.396 e. The first kappa shape index (κ1) is 67.6. The molecule has 0 saturated carbocycles. The van der Waals surface area contributed by atoms with Crippen LogP contribution in [0, 0.1) is 10.8 Å². The van der Waals surface area contributed by atoms with Gasteiger partial charge in [0.1, 0.15) is 6.10 Å². The second kappa shape index (κ2) is 57.6. The van der Waals surface area contributed by atoms with E-state index in [0.717, 1.165) is 7.11 Å². The molecule has 2 amide bonds. The number of amides is 2. The largest absolute Gasteiger partial charge is 0.472 e. The van der Waals surface area contributed by atoms with Crippen molar-refractivity contribution in [2.24, 2.45) is 10.8 Å². The third-order valence-corrected chi connectivity index (χ3v) is 12.3. The minimum absolute atomic E-state index is 0. The molecule has 0 aromatic heterocycles. The van der Waals surface area contributed by atoms with Gasteiger partial charge in [0, 0.05) is 94.1 Å². The molecule has 0 radical (unpaired) electrons. The summed E-state index contributed by atoms with van der Waals surface area (Å²) in [5.41, 5.74) is -2.31. The summed E-state index contributed by atoms with van der Waals surface area (Å²) in [6, 6.07) is 0. The van der Waals surface area contributed by atoms with E-state index < -0.39 is 65.4 Å². The molecule has 11 N–H and O–H groups in total. The molecule has 0 aromatic rings. The fourth-order valence-electron chi connectivity index (χ4n) is 5.65. The SMILES string of the molecule is C.[2H]OCCCOCC(COCCCO[2H])(COCCO[2H])COP(=O)(O)OCCCCC(=O)NCC(CNC(=O)CCCCOP(=O)(O)OCC(COCCCO[2H])(COCCCO[2H])COCCO[2H])OP(=O)(O)OC.[3H]C.[3H]C.[3H]C.[3H]C.[3H]C.[3H]C. The molecule has 28 nitrogen and oxygen atoms in total. The highest BCUT2D eigenvalue weighted by atomic mass is 31.2. The molecule has 0 saturated heterocycles. The summed E-state index contributed by atoms with van der Waals surface area (Å²) >= 11 is 0. The first-order valence-corrected chi connectivity index (χ1v) is 27.7. The lowest BCUT2D eigenvalue weighted by Gasteiger charge is -2.33. The van der Waals surface area contributed by atoms with Gasteiger partial charge < -0.3 is 84.4 Å². The molecule has 3 unspecified atom stereocenters. The molecule has 3 atom stereocenters. The molecule has 0 aliphatic heterocycles. The lowest BCUT2D eigenvalue weighted by Crippen LogP contribution is -2.42. The zero-order valence-electron chi connectivity index (χ0n) is 58.7. The van der Waals surface area contributed by atoms with E-state index >= 15 is 0 Å². The van der Waals surface area contributed by atoms with Gasteiger partial charge in [-0.05, 0) is 51.4 Å². The zero-order chi connectivity index (χ0) is 69.4. The number of phosphoric ester groups is 3. The standard InChI is InChI=1S/C40H83N2O26P3.7CH4/c1-57-69(51,52)68-36(26-41-37(49)10-2-4-22-64-70(53,54)66-34-39(32-62-24-16-47,28-58-18-6-12-43)29-59-19-7-13-44)27-42-38(50)11-3-5-23-65-71(55,56)67-35-40(33-63-25-17-48,30-60-20-8-14-45)31-61-21-9-15-46;;;;;;;/h36,43-48H,2-35H2,1H3,(H,41,49)(H,42,50)(H,51,52)(H,53,54)(H,55,56);7*1H4/i43D,44D,45D,46D,47D,48D;6*1T;. The normalized spacial score (nSPS) is 15.4. The van der Waals surface area contributed by atoms with E-state index in [1.807, 2.05) is 0 Å². The number of nitrogens with one attached hydrogen (secondary N) is 2. The number of unbranched alkanes of at least 4 members (excludes halogenated alkanes) is 2. The Bertz CT molecular complexity index is 1500. The van der Waals surface area contributed by atoms with Crippen LogP contribution in [0.25, 0.3) is 0 Å². The average molecular weight is 1230 g/mol. The van der Waals surface area contributed by atoms with Crippen molar-refractivity contribution in [1.29, 1.82) is 8.59 Å². The maximum Gasteiger partial charge on any atom is 0.472 e. The average Bonchev–Trinajstić information content (AvgIpc) is 2.15. The lowest BCUT2D eigenvalue weighted by molar-refractivity contribution is -0.121. The van der Waals surface area contributed by atoms with Crippen LogP contribution in [0.1, 0.15) is 124 Å². The molecule has 0 aliphatic carbocycles. The maximum atomic E-state index is 12.9. The highest BCUT2D eigenvalue weighted by molar-refractivity contribution is 7.47. The second-order valence-corrected chi connectivity index (χ2v) is 20.4. The number of aliphatic hydroxyl groups is 6. The van der Waals surface area contributed by atoms with Crippen molar-refractivity contribution in [2.45, 2.75) is 122 Å². The summed E-state index contributed by atoms with van der Waals surface area (Å²) in [5.74, 6) is -1.08. The Kier molecular flexibility index (Phi) is 49.9. The van der Waals surface area contributed by atoms with Crippen LogP contribution in [-0.4, -0.2) is 237 Å². The van der Waals surface area contributed by atoms with Crippen molar-refractivity contribution in [2.75, 3.05) is 166 Å². The number of carbonyl (C=O) groups excluding carboxylic acids is 2. The fraction of sp³-hybridized carbons (Fsp3) is 0.957. The minimum atomic E-state index is -4.69. The number of aliphatic hydroxyl groups excluding tert-OH is 6. The summed E-state index contributed by atoms with van der Waals surface area (Å²) in [4.78, 5) is 56.4. The van der Waals surface area contributed by atoms with Crippen molar-refractivity contribution >= 4 is 35.3 Å². The van der Waals surface area contributed by atoms with Crippen LogP contribution in [0.5, 0.6) is 0 Å². The molecule has 0 spiro atoms. The van der Waals surface area contributed by atoms with Gasteiger partial charge >= 0.3 is 23.5 Å². The maximum absolute atomic E-state index is 12.9. The quantitative estimate of drug-likeness (QED) is 0.0303. The van der Waals surface area contributed by atoms with E-state index in [1.165, 1.54) is 44.4 Å². The molecule has 0 aliphatic rings. The molecule has 0 rings (SSSR count). The topological polar surface area (TPSA) is 402 Å². The van der Waals surface area contributed by atoms with E-state index in [4.69, 9.17) is 67.9 Å². The first-order chi connectivity index (χ1) is 42.9. The summed E-state index contributed by atoms with van der Waals surface area (Å²) in [6.45, 7) is -1.71. The Hall–Kier alpha value is -1.21. The lowest BCUT2D eigenvalue weighted by atomic mass is 9.92. The molecular formula is C47H111N2O26P3. The third-order valence-electron chi connectivity index (χ3n) is 9.38. The van der Waals surface area contributed by atoms with Crippen molar-refractivity contribution in [1.82, 2.24) is 10.6 Å². The van der Waals surface area contributed by atoms with Gasteiger partial charge in [-0.1, -0.05) is 51.8 Å². The summed E-state index contributed by atoms with van der Waals surface area (Å²) in [6.07, 6.45) is 0.599. The predicted molar refractivity (Wildman–Crippen MR) is 297 cm³/mol. The molecule has 0 aromatic carbocycles. The predicted octanol–water partition coefficient (Wildman–Crippen LogP) is 4.00. The van der Waals surface area contributed by atoms with E-state index in [-0.39, 0.29) is 191 Å².